The lowest BCUT2D eigenvalue weighted by molar-refractivity contribution is -0.150. The minimum Gasteiger partial charge on any atom is -0.462 e. The summed E-state index contributed by atoms with van der Waals surface area (Å²) < 4.78 is 5.36. The van der Waals surface area contributed by atoms with Crippen LogP contribution < -0.4 is 0 Å². The fourth-order valence-electron chi connectivity index (χ4n) is 1.82. The van der Waals surface area contributed by atoms with Gasteiger partial charge in [-0.15, -0.1) is 6.58 Å². The Morgan fingerprint density at radius 1 is 1.36 bits per heavy atom. The largest absolute Gasteiger partial charge is 0.462 e. The first-order valence-electron chi connectivity index (χ1n) is 5.63. The van der Waals surface area contributed by atoms with Crippen LogP contribution in [0.3, 0.4) is 0 Å². The first kappa shape index (κ1) is 11.3. The standard InChI is InChI=1S/C12H20O2/c1-2-3-5-10-12(13)14-11-8-6-4-7-9-11/h2,11H,1,3-10H2. The summed E-state index contributed by atoms with van der Waals surface area (Å²) in [5.41, 5.74) is 0. The number of unbranched alkanes of at least 4 members (excludes halogenated alkanes) is 1. The van der Waals surface area contributed by atoms with E-state index in [0.29, 0.717) is 6.42 Å². The molecule has 0 aromatic heterocycles. The van der Waals surface area contributed by atoms with Gasteiger partial charge in [-0.25, -0.2) is 0 Å². The van der Waals surface area contributed by atoms with Crippen LogP contribution in [0.5, 0.6) is 0 Å². The lowest BCUT2D eigenvalue weighted by Gasteiger charge is -2.21. The molecular formula is C12H20O2. The van der Waals surface area contributed by atoms with Gasteiger partial charge in [0.2, 0.25) is 0 Å². The summed E-state index contributed by atoms with van der Waals surface area (Å²) in [5.74, 6) is -0.0289. The van der Waals surface area contributed by atoms with Crippen LogP contribution in [0.4, 0.5) is 0 Å². The molecule has 1 aliphatic carbocycles. The van der Waals surface area contributed by atoms with Crippen molar-refractivity contribution in [3.8, 4) is 0 Å². The monoisotopic (exact) mass is 196 g/mol. The van der Waals surface area contributed by atoms with E-state index in [0.717, 1.165) is 25.7 Å². The molecule has 0 bridgehead atoms. The molecule has 0 aromatic rings. The highest BCUT2D eigenvalue weighted by Gasteiger charge is 2.16. The molecule has 0 radical (unpaired) electrons. The second-order valence-corrected chi connectivity index (χ2v) is 3.93. The van der Waals surface area contributed by atoms with Gasteiger partial charge >= 0.3 is 5.97 Å². The zero-order valence-electron chi connectivity index (χ0n) is 8.84. The molecule has 1 fully saturated rings. The van der Waals surface area contributed by atoms with Crippen molar-refractivity contribution >= 4 is 5.97 Å². The van der Waals surface area contributed by atoms with Crippen LogP contribution in [-0.4, -0.2) is 12.1 Å². The smallest absolute Gasteiger partial charge is 0.306 e. The lowest BCUT2D eigenvalue weighted by atomic mass is 9.98. The van der Waals surface area contributed by atoms with Crippen molar-refractivity contribution in [3.63, 3.8) is 0 Å². The Kier molecular flexibility index (Phi) is 5.35. The number of rotatable bonds is 5. The minimum absolute atomic E-state index is 0.0289. The van der Waals surface area contributed by atoms with Crippen molar-refractivity contribution in [2.24, 2.45) is 0 Å². The van der Waals surface area contributed by atoms with Crippen molar-refractivity contribution in [2.75, 3.05) is 0 Å². The van der Waals surface area contributed by atoms with Crippen LogP contribution in [0.15, 0.2) is 12.7 Å². The normalized spacial score (nSPS) is 17.7. The van der Waals surface area contributed by atoms with Crippen LogP contribution >= 0.6 is 0 Å². The predicted molar refractivity (Wildman–Crippen MR) is 57.0 cm³/mol. The van der Waals surface area contributed by atoms with Gasteiger partial charge in [-0.2, -0.15) is 0 Å². The van der Waals surface area contributed by atoms with E-state index in [-0.39, 0.29) is 12.1 Å². The van der Waals surface area contributed by atoms with Gasteiger partial charge in [0.15, 0.2) is 0 Å². The third-order valence-electron chi connectivity index (χ3n) is 2.64. The summed E-state index contributed by atoms with van der Waals surface area (Å²) in [6.45, 7) is 3.62. The quantitative estimate of drug-likeness (QED) is 0.383. The first-order chi connectivity index (χ1) is 6.83. The number of carbonyl (C=O) groups excluding carboxylic acids is 1. The molecule has 0 amide bonds. The zero-order chi connectivity index (χ0) is 10.2. The number of allylic oxidation sites excluding steroid dienone is 1. The molecule has 0 unspecified atom stereocenters. The van der Waals surface area contributed by atoms with Crippen LogP contribution in [0.2, 0.25) is 0 Å². The van der Waals surface area contributed by atoms with Gasteiger partial charge in [0.25, 0.3) is 0 Å². The van der Waals surface area contributed by atoms with E-state index < -0.39 is 0 Å². The summed E-state index contributed by atoms with van der Waals surface area (Å²) >= 11 is 0. The molecule has 14 heavy (non-hydrogen) atoms. The fourth-order valence-corrected chi connectivity index (χ4v) is 1.82. The highest BCUT2D eigenvalue weighted by molar-refractivity contribution is 5.69. The molecule has 1 saturated carbocycles. The Bertz CT molecular complexity index is 181. The van der Waals surface area contributed by atoms with Gasteiger partial charge in [0.1, 0.15) is 6.10 Å². The SMILES string of the molecule is C=CCCCC(=O)OC1CCCCC1. The Morgan fingerprint density at radius 3 is 2.71 bits per heavy atom. The molecular weight excluding hydrogens is 176 g/mol. The third kappa shape index (κ3) is 4.45. The van der Waals surface area contributed by atoms with Crippen LogP contribution in [0.25, 0.3) is 0 Å². The summed E-state index contributed by atoms with van der Waals surface area (Å²) in [7, 11) is 0. The van der Waals surface area contributed by atoms with Crippen molar-refractivity contribution in [3.05, 3.63) is 12.7 Å². The van der Waals surface area contributed by atoms with E-state index in [1.807, 2.05) is 6.08 Å². The number of carbonyl (C=O) groups is 1. The molecule has 80 valence electrons. The van der Waals surface area contributed by atoms with Gasteiger partial charge in [-0.05, 0) is 38.5 Å². The Morgan fingerprint density at radius 2 is 2.07 bits per heavy atom. The maximum absolute atomic E-state index is 11.3. The van der Waals surface area contributed by atoms with E-state index in [1.165, 1.54) is 19.3 Å². The van der Waals surface area contributed by atoms with Crippen LogP contribution in [0, 0.1) is 0 Å². The Labute approximate surface area is 86.3 Å². The Hall–Kier alpha value is -0.790. The number of hydrogen-bond donors (Lipinski definition) is 0. The molecule has 0 aliphatic heterocycles. The minimum atomic E-state index is -0.0289. The van der Waals surface area contributed by atoms with Crippen molar-refractivity contribution in [1.82, 2.24) is 0 Å². The van der Waals surface area contributed by atoms with E-state index in [1.54, 1.807) is 0 Å². The molecule has 1 aliphatic rings. The maximum atomic E-state index is 11.3. The molecule has 0 atom stereocenters. The number of hydrogen-bond acceptors (Lipinski definition) is 2. The van der Waals surface area contributed by atoms with Crippen LogP contribution in [-0.2, 0) is 9.53 Å². The zero-order valence-corrected chi connectivity index (χ0v) is 8.84. The van der Waals surface area contributed by atoms with Gasteiger partial charge in [-0.1, -0.05) is 12.5 Å². The maximum Gasteiger partial charge on any atom is 0.306 e. The van der Waals surface area contributed by atoms with Crippen molar-refractivity contribution in [2.45, 2.75) is 57.5 Å². The average Bonchev–Trinajstić information content (AvgIpc) is 2.20. The second-order valence-electron chi connectivity index (χ2n) is 3.93. The van der Waals surface area contributed by atoms with Gasteiger partial charge in [0, 0.05) is 6.42 Å². The number of ether oxygens (including phenoxy) is 1. The molecule has 0 N–H and O–H groups in total. The first-order valence-corrected chi connectivity index (χ1v) is 5.63. The summed E-state index contributed by atoms with van der Waals surface area (Å²) in [5, 5.41) is 0. The number of esters is 1. The molecule has 0 saturated heterocycles. The molecule has 0 spiro atoms. The van der Waals surface area contributed by atoms with Gasteiger partial charge < -0.3 is 4.74 Å². The summed E-state index contributed by atoms with van der Waals surface area (Å²) in [6.07, 6.45) is 10.2. The summed E-state index contributed by atoms with van der Waals surface area (Å²) in [6, 6.07) is 0. The van der Waals surface area contributed by atoms with E-state index in [4.69, 9.17) is 4.74 Å². The average molecular weight is 196 g/mol. The van der Waals surface area contributed by atoms with Crippen molar-refractivity contribution in [1.29, 1.82) is 0 Å². The summed E-state index contributed by atoms with van der Waals surface area (Å²) in [4.78, 5) is 11.3. The van der Waals surface area contributed by atoms with Crippen LogP contribution in [0.1, 0.15) is 51.4 Å². The molecule has 0 heterocycles. The topological polar surface area (TPSA) is 26.3 Å². The molecule has 0 aromatic carbocycles. The van der Waals surface area contributed by atoms with Gasteiger partial charge in [-0.3, -0.25) is 4.79 Å². The fraction of sp³-hybridized carbons (Fsp3) is 0.750. The lowest BCUT2D eigenvalue weighted by Crippen LogP contribution is -2.20. The highest BCUT2D eigenvalue weighted by atomic mass is 16.5. The molecule has 2 heteroatoms. The highest BCUT2D eigenvalue weighted by Crippen LogP contribution is 2.20. The Balaban J connectivity index is 2.09. The molecule has 2 nitrogen and oxygen atoms in total. The van der Waals surface area contributed by atoms with Crippen molar-refractivity contribution < 1.29 is 9.53 Å². The van der Waals surface area contributed by atoms with E-state index in [2.05, 4.69) is 6.58 Å². The molecule has 1 rings (SSSR count). The third-order valence-corrected chi connectivity index (χ3v) is 2.64. The predicted octanol–water partition coefficient (Wildman–Crippen LogP) is 3.22. The second kappa shape index (κ2) is 6.63. The van der Waals surface area contributed by atoms with E-state index >= 15 is 0 Å². The van der Waals surface area contributed by atoms with Gasteiger partial charge in [0.05, 0.1) is 0 Å². The van der Waals surface area contributed by atoms with E-state index in [9.17, 15) is 4.79 Å².